The summed E-state index contributed by atoms with van der Waals surface area (Å²) in [6.45, 7) is 0.717. The van der Waals surface area contributed by atoms with Crippen LogP contribution in [0.4, 0.5) is 16.2 Å². The molecule has 180 valence electrons. The molecule has 5 rings (SSSR count). The molecule has 3 aromatic rings. The number of amides is 2. The summed E-state index contributed by atoms with van der Waals surface area (Å²) in [5.74, 6) is 0.171. The summed E-state index contributed by atoms with van der Waals surface area (Å²) in [5.41, 5.74) is 6.70. The van der Waals surface area contributed by atoms with E-state index >= 15 is 0 Å². The largest absolute Gasteiger partial charge is 0.481 e. The van der Waals surface area contributed by atoms with Crippen molar-refractivity contribution < 1.29 is 14.7 Å². The molecule has 3 aromatic carbocycles. The van der Waals surface area contributed by atoms with Crippen molar-refractivity contribution in [2.24, 2.45) is 5.92 Å². The molecule has 0 spiro atoms. The number of carboxylic acid groups (broad SMARTS) is 1. The third-order valence-electron chi connectivity index (χ3n) is 7.49. The van der Waals surface area contributed by atoms with Crippen molar-refractivity contribution in [3.8, 4) is 11.1 Å². The zero-order chi connectivity index (χ0) is 24.2. The molecule has 1 aliphatic heterocycles. The number of carbonyl (C=O) groups is 2. The van der Waals surface area contributed by atoms with Crippen LogP contribution in [0, 0.1) is 5.92 Å². The monoisotopic (exact) mass is 468 g/mol. The van der Waals surface area contributed by atoms with Crippen LogP contribution in [0.25, 0.3) is 11.1 Å². The number of nitrogens with one attached hydrogen (secondary N) is 1. The molecule has 0 aromatic heterocycles. The summed E-state index contributed by atoms with van der Waals surface area (Å²) in [6, 6.07) is 24.8. The van der Waals surface area contributed by atoms with Gasteiger partial charge in [0.25, 0.3) is 0 Å². The molecule has 5 nitrogen and oxygen atoms in total. The Morgan fingerprint density at radius 2 is 1.60 bits per heavy atom. The van der Waals surface area contributed by atoms with Crippen molar-refractivity contribution in [1.29, 1.82) is 0 Å². The number of benzene rings is 3. The molecule has 0 saturated heterocycles. The van der Waals surface area contributed by atoms with E-state index in [9.17, 15) is 9.59 Å². The number of rotatable bonds is 5. The van der Waals surface area contributed by atoms with Crippen LogP contribution in [0.2, 0.25) is 0 Å². The van der Waals surface area contributed by atoms with Crippen molar-refractivity contribution in [3.63, 3.8) is 0 Å². The molecular weight excluding hydrogens is 436 g/mol. The molecule has 2 amide bonds. The maximum atomic E-state index is 12.9. The molecule has 2 aliphatic rings. The molecule has 1 saturated carbocycles. The van der Waals surface area contributed by atoms with Gasteiger partial charge in [-0.05, 0) is 96.9 Å². The lowest BCUT2D eigenvalue weighted by Crippen LogP contribution is -2.38. The molecule has 0 bridgehead atoms. The average molecular weight is 469 g/mol. The smallest absolute Gasteiger partial charge is 0.326 e. The van der Waals surface area contributed by atoms with E-state index in [1.165, 1.54) is 22.3 Å². The summed E-state index contributed by atoms with van der Waals surface area (Å²) in [4.78, 5) is 25.8. The molecule has 0 atom stereocenters. The molecule has 35 heavy (non-hydrogen) atoms. The van der Waals surface area contributed by atoms with Gasteiger partial charge in [-0.25, -0.2) is 4.79 Å². The fraction of sp³-hybridized carbons (Fsp3) is 0.333. The maximum Gasteiger partial charge on any atom is 0.326 e. The summed E-state index contributed by atoms with van der Waals surface area (Å²) in [7, 11) is 0. The lowest BCUT2D eigenvalue weighted by Gasteiger charge is -2.30. The predicted molar refractivity (Wildman–Crippen MR) is 140 cm³/mol. The van der Waals surface area contributed by atoms with Crippen LogP contribution in [0.15, 0.2) is 72.8 Å². The quantitative estimate of drug-likeness (QED) is 0.420. The van der Waals surface area contributed by atoms with E-state index < -0.39 is 5.97 Å². The third-order valence-corrected chi connectivity index (χ3v) is 7.49. The Kier molecular flexibility index (Phi) is 6.84. The second-order valence-corrected chi connectivity index (χ2v) is 9.83. The second-order valence-electron chi connectivity index (χ2n) is 9.83. The summed E-state index contributed by atoms with van der Waals surface area (Å²) in [6.07, 6.45) is 6.34. The van der Waals surface area contributed by atoms with Crippen LogP contribution in [0.5, 0.6) is 0 Å². The molecule has 0 radical (unpaired) electrons. The van der Waals surface area contributed by atoms with Crippen LogP contribution in [0.3, 0.4) is 0 Å². The molecule has 1 fully saturated rings. The van der Waals surface area contributed by atoms with Crippen molar-refractivity contribution in [3.05, 3.63) is 83.9 Å². The van der Waals surface area contributed by atoms with Crippen molar-refractivity contribution in [1.82, 2.24) is 0 Å². The number of anilines is 2. The normalized spacial score (nSPS) is 19.6. The van der Waals surface area contributed by atoms with Gasteiger partial charge in [0.05, 0.1) is 0 Å². The first kappa shape index (κ1) is 23.2. The Bertz CT molecular complexity index is 1180. The Hall–Kier alpha value is -3.60. The first-order valence-electron chi connectivity index (χ1n) is 12.7. The lowest BCUT2D eigenvalue weighted by atomic mass is 9.77. The minimum absolute atomic E-state index is 0.0904. The Morgan fingerprint density at radius 3 is 2.31 bits per heavy atom. The fourth-order valence-corrected chi connectivity index (χ4v) is 5.59. The zero-order valence-electron chi connectivity index (χ0n) is 20.0. The first-order chi connectivity index (χ1) is 17.1. The van der Waals surface area contributed by atoms with E-state index in [0.29, 0.717) is 24.8 Å². The van der Waals surface area contributed by atoms with Gasteiger partial charge in [0.1, 0.15) is 0 Å². The average Bonchev–Trinajstić information content (AvgIpc) is 2.89. The Balaban J connectivity index is 1.27. The number of fused-ring (bicyclic) bond motifs is 1. The molecule has 0 unspecified atom stereocenters. The van der Waals surface area contributed by atoms with Crippen LogP contribution in [-0.2, 0) is 11.2 Å². The number of aliphatic carboxylic acids is 1. The van der Waals surface area contributed by atoms with Crippen LogP contribution in [0.1, 0.15) is 55.6 Å². The van der Waals surface area contributed by atoms with Gasteiger partial charge < -0.3 is 10.4 Å². The minimum Gasteiger partial charge on any atom is -0.481 e. The molecule has 5 heteroatoms. The van der Waals surface area contributed by atoms with Crippen LogP contribution >= 0.6 is 0 Å². The van der Waals surface area contributed by atoms with Gasteiger partial charge in [0, 0.05) is 24.3 Å². The number of carbonyl (C=O) groups excluding carboxylic acids is 1. The van der Waals surface area contributed by atoms with Gasteiger partial charge in [-0.3, -0.25) is 9.69 Å². The van der Waals surface area contributed by atoms with Crippen molar-refractivity contribution >= 4 is 23.4 Å². The van der Waals surface area contributed by atoms with E-state index in [4.69, 9.17) is 5.11 Å². The highest BCUT2D eigenvalue weighted by Crippen LogP contribution is 2.38. The van der Waals surface area contributed by atoms with E-state index in [0.717, 1.165) is 49.9 Å². The van der Waals surface area contributed by atoms with Crippen molar-refractivity contribution in [2.75, 3.05) is 16.8 Å². The standard InChI is InChI=1S/C30H32N2O3/c33-29(34)19-21-8-10-22(11-9-21)23-12-14-24(15-13-23)25-16-17-28-26(20-25)5-4-18-32(28)30(35)31-27-6-2-1-3-7-27/h1-3,6-7,12-17,20-22H,4-5,8-11,18-19H2,(H,31,35)(H,33,34)/t21-,22-. The SMILES string of the molecule is O=C(O)C[C@H]1CC[C@H](c2ccc(-c3ccc4c(c3)CCCN4C(=O)Nc3ccccc3)cc2)CC1. The van der Waals surface area contributed by atoms with E-state index in [1.807, 2.05) is 35.2 Å². The van der Waals surface area contributed by atoms with E-state index in [1.54, 1.807) is 0 Å². The number of carboxylic acids is 1. The number of aryl methyl sites for hydroxylation is 1. The zero-order valence-corrected chi connectivity index (χ0v) is 20.0. The second kappa shape index (κ2) is 10.3. The number of hydrogen-bond acceptors (Lipinski definition) is 2. The first-order valence-corrected chi connectivity index (χ1v) is 12.7. The summed E-state index contributed by atoms with van der Waals surface area (Å²) < 4.78 is 0. The highest BCUT2D eigenvalue weighted by atomic mass is 16.4. The topological polar surface area (TPSA) is 69.6 Å². The third kappa shape index (κ3) is 5.40. The highest BCUT2D eigenvalue weighted by Gasteiger charge is 2.25. The molecule has 1 heterocycles. The summed E-state index contributed by atoms with van der Waals surface area (Å²) >= 11 is 0. The van der Waals surface area contributed by atoms with E-state index in [2.05, 4.69) is 47.8 Å². The molecule has 1 aliphatic carbocycles. The van der Waals surface area contributed by atoms with Crippen LogP contribution in [-0.4, -0.2) is 23.7 Å². The number of nitrogens with zero attached hydrogens (tertiary/aromatic N) is 1. The molecular formula is C30H32N2O3. The summed E-state index contributed by atoms with van der Waals surface area (Å²) in [5, 5.41) is 12.0. The fourth-order valence-electron chi connectivity index (χ4n) is 5.59. The maximum absolute atomic E-state index is 12.9. The number of para-hydroxylation sites is 1. The number of hydrogen-bond donors (Lipinski definition) is 2. The van der Waals surface area contributed by atoms with Gasteiger partial charge in [0.2, 0.25) is 0 Å². The van der Waals surface area contributed by atoms with Crippen molar-refractivity contribution in [2.45, 2.75) is 50.9 Å². The lowest BCUT2D eigenvalue weighted by molar-refractivity contribution is -0.138. The minimum atomic E-state index is -0.678. The predicted octanol–water partition coefficient (Wildman–Crippen LogP) is 7.09. The van der Waals surface area contributed by atoms with Gasteiger partial charge in [-0.15, -0.1) is 0 Å². The van der Waals surface area contributed by atoms with Gasteiger partial charge in [-0.2, -0.15) is 0 Å². The highest BCUT2D eigenvalue weighted by molar-refractivity contribution is 6.02. The van der Waals surface area contributed by atoms with Gasteiger partial charge in [-0.1, -0.05) is 48.5 Å². The Labute approximate surface area is 206 Å². The van der Waals surface area contributed by atoms with Gasteiger partial charge in [0.15, 0.2) is 0 Å². The van der Waals surface area contributed by atoms with E-state index in [-0.39, 0.29) is 6.03 Å². The van der Waals surface area contributed by atoms with Crippen LogP contribution < -0.4 is 10.2 Å². The Morgan fingerprint density at radius 1 is 0.886 bits per heavy atom. The van der Waals surface area contributed by atoms with Gasteiger partial charge >= 0.3 is 12.0 Å². The number of urea groups is 1. The molecule has 2 N–H and O–H groups in total.